The van der Waals surface area contributed by atoms with Crippen LogP contribution in [0.2, 0.25) is 0 Å². The Morgan fingerprint density at radius 2 is 1.77 bits per heavy atom. The predicted molar refractivity (Wildman–Crippen MR) is 117 cm³/mol. The van der Waals surface area contributed by atoms with E-state index in [-0.39, 0.29) is 5.91 Å². The van der Waals surface area contributed by atoms with E-state index in [1.165, 1.54) is 16.8 Å². The summed E-state index contributed by atoms with van der Waals surface area (Å²) in [5.41, 5.74) is 4.85. The average Bonchev–Trinajstić information content (AvgIpc) is 3.25. The highest BCUT2D eigenvalue weighted by molar-refractivity contribution is 5.76. The Balaban J connectivity index is 1.24. The third-order valence-corrected chi connectivity index (χ3v) is 5.83. The van der Waals surface area contributed by atoms with Crippen LogP contribution in [0, 0.1) is 13.8 Å². The van der Waals surface area contributed by atoms with Crippen LogP contribution >= 0.6 is 0 Å². The fourth-order valence-corrected chi connectivity index (χ4v) is 3.88. The van der Waals surface area contributed by atoms with Crippen LogP contribution in [-0.2, 0) is 11.2 Å². The van der Waals surface area contributed by atoms with Crippen molar-refractivity contribution in [1.29, 1.82) is 0 Å². The minimum atomic E-state index is 0.207. The van der Waals surface area contributed by atoms with Gasteiger partial charge >= 0.3 is 0 Å². The van der Waals surface area contributed by atoms with Crippen LogP contribution in [0.4, 0.5) is 5.69 Å². The summed E-state index contributed by atoms with van der Waals surface area (Å²) in [5.74, 6) is 1.39. The van der Waals surface area contributed by atoms with Crippen LogP contribution in [0.1, 0.15) is 29.9 Å². The second-order valence-corrected chi connectivity index (χ2v) is 7.82. The number of hydrogen-bond acceptors (Lipinski definition) is 5. The Labute approximate surface area is 177 Å². The van der Waals surface area contributed by atoms with Crippen LogP contribution in [0.5, 0.6) is 0 Å². The Morgan fingerprint density at radius 1 is 1.00 bits per heavy atom. The van der Waals surface area contributed by atoms with Gasteiger partial charge in [-0.1, -0.05) is 47.6 Å². The molecule has 1 saturated heterocycles. The maximum absolute atomic E-state index is 12.6. The first kappa shape index (κ1) is 20.1. The van der Waals surface area contributed by atoms with Gasteiger partial charge in [-0.05, 0) is 37.5 Å². The summed E-state index contributed by atoms with van der Waals surface area (Å²) in [6.45, 7) is 7.60. The average molecular weight is 405 g/mol. The van der Waals surface area contributed by atoms with E-state index in [0.29, 0.717) is 31.0 Å². The molecule has 0 radical (unpaired) electrons. The van der Waals surface area contributed by atoms with Gasteiger partial charge < -0.3 is 14.3 Å². The van der Waals surface area contributed by atoms with Gasteiger partial charge in [-0.2, -0.15) is 4.98 Å². The highest BCUT2D eigenvalue weighted by Crippen LogP contribution is 2.24. The Hall–Kier alpha value is -3.15. The highest BCUT2D eigenvalue weighted by atomic mass is 16.5. The van der Waals surface area contributed by atoms with E-state index < -0.39 is 0 Å². The van der Waals surface area contributed by atoms with Crippen LogP contribution in [-0.4, -0.2) is 47.1 Å². The molecule has 0 spiro atoms. The van der Waals surface area contributed by atoms with E-state index in [1.54, 1.807) is 0 Å². The van der Waals surface area contributed by atoms with Gasteiger partial charge in [-0.25, -0.2) is 0 Å². The molecule has 156 valence electrons. The Bertz CT molecular complexity index is 991. The molecular formula is C24H28N4O2. The second kappa shape index (κ2) is 9.11. The molecule has 6 heteroatoms. The van der Waals surface area contributed by atoms with Gasteiger partial charge in [-0.15, -0.1) is 0 Å². The topological polar surface area (TPSA) is 62.5 Å². The van der Waals surface area contributed by atoms with Crippen molar-refractivity contribution in [2.24, 2.45) is 0 Å². The maximum Gasteiger partial charge on any atom is 0.226 e. The minimum Gasteiger partial charge on any atom is -0.368 e. The summed E-state index contributed by atoms with van der Waals surface area (Å²) in [4.78, 5) is 21.4. The first-order valence-electron chi connectivity index (χ1n) is 10.6. The molecular weight excluding hydrogens is 376 g/mol. The van der Waals surface area contributed by atoms with E-state index in [0.717, 1.165) is 31.7 Å². The van der Waals surface area contributed by atoms with E-state index in [2.05, 4.69) is 47.1 Å². The van der Waals surface area contributed by atoms with Crippen molar-refractivity contribution < 1.29 is 9.32 Å². The van der Waals surface area contributed by atoms with Crippen molar-refractivity contribution in [3.8, 4) is 11.4 Å². The number of aromatic nitrogens is 2. The molecule has 1 amide bonds. The smallest absolute Gasteiger partial charge is 0.226 e. The summed E-state index contributed by atoms with van der Waals surface area (Å²) in [5, 5.41) is 4.04. The maximum atomic E-state index is 12.6. The van der Waals surface area contributed by atoms with Crippen LogP contribution in [0.25, 0.3) is 11.4 Å². The summed E-state index contributed by atoms with van der Waals surface area (Å²) in [6, 6.07) is 16.2. The molecule has 0 unspecified atom stereocenters. The van der Waals surface area contributed by atoms with E-state index in [1.807, 2.05) is 35.2 Å². The molecule has 0 aliphatic carbocycles. The minimum absolute atomic E-state index is 0.207. The number of rotatable bonds is 6. The van der Waals surface area contributed by atoms with Crippen molar-refractivity contribution in [3.63, 3.8) is 0 Å². The Kier molecular flexibility index (Phi) is 6.12. The molecule has 0 atom stereocenters. The SMILES string of the molecule is Cc1cccc(N2CCN(C(=O)CCCc3nc(-c4ccccc4)no3)CC2)c1C. The number of piperazine rings is 1. The lowest BCUT2D eigenvalue weighted by Crippen LogP contribution is -2.49. The number of carbonyl (C=O) groups excluding carboxylic acids is 1. The summed E-state index contributed by atoms with van der Waals surface area (Å²) in [6.07, 6.45) is 1.84. The van der Waals surface area contributed by atoms with Crippen molar-refractivity contribution in [1.82, 2.24) is 15.0 Å². The molecule has 0 saturated carbocycles. The quantitative estimate of drug-likeness (QED) is 0.621. The predicted octanol–water partition coefficient (Wildman–Crippen LogP) is 4.02. The molecule has 1 fully saturated rings. The number of anilines is 1. The zero-order chi connectivity index (χ0) is 20.9. The first-order chi connectivity index (χ1) is 14.6. The number of hydrogen-bond donors (Lipinski definition) is 0. The fourth-order valence-electron chi connectivity index (χ4n) is 3.88. The van der Waals surface area contributed by atoms with Gasteiger partial charge in [0.1, 0.15) is 0 Å². The van der Waals surface area contributed by atoms with Crippen molar-refractivity contribution in [3.05, 3.63) is 65.5 Å². The molecule has 0 bridgehead atoms. The van der Waals surface area contributed by atoms with Gasteiger partial charge in [0.15, 0.2) is 0 Å². The fraction of sp³-hybridized carbons (Fsp3) is 0.375. The van der Waals surface area contributed by atoms with Gasteiger partial charge in [-0.3, -0.25) is 4.79 Å². The van der Waals surface area contributed by atoms with Crippen molar-refractivity contribution >= 4 is 11.6 Å². The molecule has 3 aromatic rings. The zero-order valence-corrected chi connectivity index (χ0v) is 17.7. The lowest BCUT2D eigenvalue weighted by molar-refractivity contribution is -0.131. The highest BCUT2D eigenvalue weighted by Gasteiger charge is 2.22. The molecule has 1 aromatic heterocycles. The van der Waals surface area contributed by atoms with Crippen LogP contribution in [0.15, 0.2) is 53.1 Å². The van der Waals surface area contributed by atoms with E-state index in [9.17, 15) is 4.79 Å². The number of amides is 1. The largest absolute Gasteiger partial charge is 0.368 e. The van der Waals surface area contributed by atoms with Crippen molar-refractivity contribution in [2.75, 3.05) is 31.1 Å². The molecule has 0 N–H and O–H groups in total. The number of carbonyl (C=O) groups is 1. The van der Waals surface area contributed by atoms with Crippen molar-refractivity contribution in [2.45, 2.75) is 33.1 Å². The van der Waals surface area contributed by atoms with E-state index >= 15 is 0 Å². The van der Waals surface area contributed by atoms with Gasteiger partial charge in [0.2, 0.25) is 17.6 Å². The lowest BCUT2D eigenvalue weighted by atomic mass is 10.1. The van der Waals surface area contributed by atoms with E-state index in [4.69, 9.17) is 4.52 Å². The number of nitrogens with zero attached hydrogens (tertiary/aromatic N) is 4. The standard InChI is InChI=1S/C24H28N4O2/c1-18-8-6-11-21(19(18)2)27-14-16-28(17-15-27)23(29)13-7-12-22-25-24(26-30-22)20-9-4-3-5-10-20/h3-6,8-11H,7,12-17H2,1-2H3. The molecule has 2 heterocycles. The molecule has 30 heavy (non-hydrogen) atoms. The lowest BCUT2D eigenvalue weighted by Gasteiger charge is -2.37. The molecule has 1 aliphatic heterocycles. The molecule has 2 aromatic carbocycles. The monoisotopic (exact) mass is 404 g/mol. The first-order valence-corrected chi connectivity index (χ1v) is 10.6. The third-order valence-electron chi connectivity index (χ3n) is 5.83. The number of aryl methyl sites for hydroxylation is 2. The second-order valence-electron chi connectivity index (χ2n) is 7.82. The molecule has 4 rings (SSSR count). The number of benzene rings is 2. The summed E-state index contributed by atoms with van der Waals surface area (Å²) >= 11 is 0. The van der Waals surface area contributed by atoms with Gasteiger partial charge in [0.25, 0.3) is 0 Å². The van der Waals surface area contributed by atoms with Gasteiger partial charge in [0.05, 0.1) is 0 Å². The van der Waals surface area contributed by atoms with Crippen LogP contribution < -0.4 is 4.90 Å². The van der Waals surface area contributed by atoms with Crippen LogP contribution in [0.3, 0.4) is 0 Å². The molecule has 6 nitrogen and oxygen atoms in total. The Morgan fingerprint density at radius 3 is 2.53 bits per heavy atom. The summed E-state index contributed by atoms with van der Waals surface area (Å²) < 4.78 is 5.34. The molecule has 1 aliphatic rings. The zero-order valence-electron chi connectivity index (χ0n) is 17.7. The van der Waals surface area contributed by atoms with Gasteiger partial charge in [0, 0.05) is 50.3 Å². The summed E-state index contributed by atoms with van der Waals surface area (Å²) in [7, 11) is 0. The third kappa shape index (κ3) is 4.53. The normalized spacial score (nSPS) is 14.2.